The van der Waals surface area contributed by atoms with Crippen LogP contribution in [-0.4, -0.2) is 47.3 Å². The Kier molecular flexibility index (Phi) is 24.2. The highest BCUT2D eigenvalue weighted by Crippen LogP contribution is 2.14. The maximum Gasteiger partial charge on any atom is 0.222 e. The largest absolute Gasteiger partial charge is 0.396 e. The van der Waals surface area contributed by atoms with E-state index in [2.05, 4.69) is 6.92 Å². The Bertz CT molecular complexity index is 339. The third-order valence-corrected chi connectivity index (χ3v) is 6.02. The van der Waals surface area contributed by atoms with Crippen LogP contribution in [0.25, 0.3) is 0 Å². The van der Waals surface area contributed by atoms with Gasteiger partial charge in [0.15, 0.2) is 0 Å². The molecule has 0 heterocycles. The van der Waals surface area contributed by atoms with E-state index in [1.54, 1.807) is 0 Å². The number of nitrogens with zero attached hydrogens (tertiary/aromatic N) is 1. The molecule has 0 bridgehead atoms. The summed E-state index contributed by atoms with van der Waals surface area (Å²) in [5, 5.41) is 17.9. The van der Waals surface area contributed by atoms with Gasteiger partial charge in [0.2, 0.25) is 5.91 Å². The fraction of sp³-hybridized carbons (Fsp3) is 0.962. The topological polar surface area (TPSA) is 60.8 Å². The standard InChI is InChI=1S/C26H53NO3/c1-2-3-4-5-6-7-8-9-10-11-12-13-14-15-16-21-26(30)27(22-17-19-24-28)23-18-20-25-29/h28-29H,2-25H2,1H3. The summed E-state index contributed by atoms with van der Waals surface area (Å²) >= 11 is 0. The maximum absolute atomic E-state index is 12.5. The lowest BCUT2D eigenvalue weighted by Crippen LogP contribution is -2.33. The predicted molar refractivity (Wildman–Crippen MR) is 129 cm³/mol. The molecule has 0 unspecified atom stereocenters. The van der Waals surface area contributed by atoms with Crippen molar-refractivity contribution < 1.29 is 15.0 Å². The highest BCUT2D eigenvalue weighted by molar-refractivity contribution is 5.76. The van der Waals surface area contributed by atoms with Crippen LogP contribution in [0.1, 0.15) is 135 Å². The van der Waals surface area contributed by atoms with Crippen molar-refractivity contribution in [3.05, 3.63) is 0 Å². The zero-order chi connectivity index (χ0) is 22.1. The lowest BCUT2D eigenvalue weighted by molar-refractivity contribution is -0.131. The molecule has 0 atom stereocenters. The minimum Gasteiger partial charge on any atom is -0.396 e. The molecule has 180 valence electrons. The molecule has 2 N–H and O–H groups in total. The van der Waals surface area contributed by atoms with E-state index < -0.39 is 0 Å². The number of hydrogen-bond acceptors (Lipinski definition) is 3. The van der Waals surface area contributed by atoms with Gasteiger partial charge in [-0.25, -0.2) is 0 Å². The van der Waals surface area contributed by atoms with Gasteiger partial charge in [0, 0.05) is 32.7 Å². The van der Waals surface area contributed by atoms with Gasteiger partial charge in [-0.1, -0.05) is 96.8 Å². The monoisotopic (exact) mass is 427 g/mol. The summed E-state index contributed by atoms with van der Waals surface area (Å²) in [4.78, 5) is 14.4. The molecule has 0 spiro atoms. The van der Waals surface area contributed by atoms with Gasteiger partial charge in [-0.05, 0) is 32.1 Å². The summed E-state index contributed by atoms with van der Waals surface area (Å²) in [6, 6.07) is 0. The number of unbranched alkanes of at least 4 members (excludes halogenated alkanes) is 16. The molecule has 0 aromatic rings. The van der Waals surface area contributed by atoms with E-state index in [1.807, 2.05) is 4.90 Å². The van der Waals surface area contributed by atoms with Crippen molar-refractivity contribution in [3.63, 3.8) is 0 Å². The van der Waals surface area contributed by atoms with Gasteiger partial charge < -0.3 is 15.1 Å². The smallest absolute Gasteiger partial charge is 0.222 e. The van der Waals surface area contributed by atoms with E-state index in [9.17, 15) is 4.79 Å². The van der Waals surface area contributed by atoms with E-state index in [0.717, 1.165) is 51.6 Å². The summed E-state index contributed by atoms with van der Waals surface area (Å²) in [5.41, 5.74) is 0. The van der Waals surface area contributed by atoms with Crippen molar-refractivity contribution in [3.8, 4) is 0 Å². The minimum atomic E-state index is 0.192. The number of hydrogen-bond donors (Lipinski definition) is 2. The first-order valence-corrected chi connectivity index (χ1v) is 13.3. The van der Waals surface area contributed by atoms with E-state index in [4.69, 9.17) is 10.2 Å². The lowest BCUT2D eigenvalue weighted by Gasteiger charge is -2.22. The van der Waals surface area contributed by atoms with E-state index in [0.29, 0.717) is 6.42 Å². The molecule has 30 heavy (non-hydrogen) atoms. The lowest BCUT2D eigenvalue weighted by atomic mass is 10.0. The molecule has 0 fully saturated rings. The van der Waals surface area contributed by atoms with Gasteiger partial charge >= 0.3 is 0 Å². The molecule has 4 nitrogen and oxygen atoms in total. The molecule has 0 saturated heterocycles. The van der Waals surface area contributed by atoms with Gasteiger partial charge in [0.25, 0.3) is 0 Å². The van der Waals surface area contributed by atoms with Crippen LogP contribution in [0.2, 0.25) is 0 Å². The van der Waals surface area contributed by atoms with E-state index in [-0.39, 0.29) is 19.1 Å². The SMILES string of the molecule is CCCCCCCCCCCCCCCCCC(=O)N(CCCCO)CCCCO. The zero-order valence-corrected chi connectivity index (χ0v) is 20.2. The molecule has 1 amide bonds. The van der Waals surface area contributed by atoms with Crippen molar-refractivity contribution in [1.29, 1.82) is 0 Å². The molecule has 0 aliphatic rings. The number of amides is 1. The molecule has 0 aliphatic heterocycles. The molecule has 0 aromatic heterocycles. The zero-order valence-electron chi connectivity index (χ0n) is 20.2. The molecule has 0 aromatic carbocycles. The first-order chi connectivity index (χ1) is 14.8. The van der Waals surface area contributed by atoms with Crippen LogP contribution < -0.4 is 0 Å². The van der Waals surface area contributed by atoms with E-state index in [1.165, 1.54) is 83.5 Å². The summed E-state index contributed by atoms with van der Waals surface area (Å²) in [7, 11) is 0. The van der Waals surface area contributed by atoms with Crippen LogP contribution >= 0.6 is 0 Å². The van der Waals surface area contributed by atoms with Crippen LogP contribution in [-0.2, 0) is 4.79 Å². The van der Waals surface area contributed by atoms with Crippen molar-refractivity contribution >= 4 is 5.91 Å². The van der Waals surface area contributed by atoms with Crippen LogP contribution in [0, 0.1) is 0 Å². The fourth-order valence-corrected chi connectivity index (χ4v) is 4.00. The second-order valence-electron chi connectivity index (χ2n) is 8.94. The Balaban J connectivity index is 3.53. The van der Waals surface area contributed by atoms with Crippen molar-refractivity contribution in [2.45, 2.75) is 135 Å². The minimum absolute atomic E-state index is 0.192. The quantitative estimate of drug-likeness (QED) is 0.170. The Morgan fingerprint density at radius 1 is 0.533 bits per heavy atom. The second-order valence-corrected chi connectivity index (χ2v) is 8.94. The van der Waals surface area contributed by atoms with Crippen molar-refractivity contribution in [2.75, 3.05) is 26.3 Å². The Morgan fingerprint density at radius 2 is 0.900 bits per heavy atom. The molecule has 0 saturated carbocycles. The number of aliphatic hydroxyl groups is 2. The number of aliphatic hydroxyl groups excluding tert-OH is 2. The Labute approximate surface area is 187 Å². The van der Waals surface area contributed by atoms with Crippen LogP contribution in [0.3, 0.4) is 0 Å². The molecular weight excluding hydrogens is 374 g/mol. The Morgan fingerprint density at radius 3 is 1.27 bits per heavy atom. The number of rotatable bonds is 24. The average Bonchev–Trinajstić information content (AvgIpc) is 2.75. The first kappa shape index (κ1) is 29.4. The van der Waals surface area contributed by atoms with Gasteiger partial charge in [-0.15, -0.1) is 0 Å². The third kappa shape index (κ3) is 20.7. The molecule has 0 aliphatic carbocycles. The van der Waals surface area contributed by atoms with Gasteiger partial charge in [0.05, 0.1) is 0 Å². The summed E-state index contributed by atoms with van der Waals surface area (Å²) in [6.45, 7) is 4.14. The number of carbonyl (C=O) groups excluding carboxylic acids is 1. The summed E-state index contributed by atoms with van der Waals surface area (Å²) < 4.78 is 0. The molecule has 4 heteroatoms. The van der Waals surface area contributed by atoms with Gasteiger partial charge in [0.1, 0.15) is 0 Å². The molecule has 0 radical (unpaired) electrons. The predicted octanol–water partition coefficient (Wildman–Crippen LogP) is 6.62. The van der Waals surface area contributed by atoms with Crippen LogP contribution in [0.4, 0.5) is 0 Å². The molecular formula is C26H53NO3. The summed E-state index contributed by atoms with van der Waals surface area (Å²) in [5.74, 6) is 0.251. The Hall–Kier alpha value is -0.610. The fourth-order valence-electron chi connectivity index (χ4n) is 4.00. The first-order valence-electron chi connectivity index (χ1n) is 13.3. The van der Waals surface area contributed by atoms with Crippen molar-refractivity contribution in [2.24, 2.45) is 0 Å². The highest BCUT2D eigenvalue weighted by atomic mass is 16.3. The second kappa shape index (κ2) is 24.7. The summed E-state index contributed by atoms with van der Waals surface area (Å²) in [6.07, 6.45) is 24.0. The normalized spacial score (nSPS) is 11.2. The number of carbonyl (C=O) groups is 1. The van der Waals surface area contributed by atoms with Crippen molar-refractivity contribution in [1.82, 2.24) is 4.90 Å². The van der Waals surface area contributed by atoms with Crippen LogP contribution in [0.5, 0.6) is 0 Å². The maximum atomic E-state index is 12.5. The third-order valence-electron chi connectivity index (χ3n) is 6.02. The van der Waals surface area contributed by atoms with Crippen LogP contribution in [0.15, 0.2) is 0 Å². The molecule has 0 rings (SSSR count). The van der Waals surface area contributed by atoms with E-state index >= 15 is 0 Å². The van der Waals surface area contributed by atoms with Gasteiger partial charge in [-0.2, -0.15) is 0 Å². The highest BCUT2D eigenvalue weighted by Gasteiger charge is 2.12. The van der Waals surface area contributed by atoms with Gasteiger partial charge in [-0.3, -0.25) is 4.79 Å². The average molecular weight is 428 g/mol.